The van der Waals surface area contributed by atoms with E-state index in [2.05, 4.69) is 62.5 Å². The summed E-state index contributed by atoms with van der Waals surface area (Å²) in [6.45, 7) is 4.40. The van der Waals surface area contributed by atoms with Crippen molar-refractivity contribution in [3.05, 3.63) is 48.6 Å². The minimum Gasteiger partial charge on any atom is -0.457 e. The summed E-state index contributed by atoms with van der Waals surface area (Å²) >= 11 is 0. The van der Waals surface area contributed by atoms with E-state index in [1.54, 1.807) is 0 Å². The van der Waals surface area contributed by atoms with Gasteiger partial charge in [0.05, 0.1) is 19.8 Å². The number of esters is 1. The second-order valence-electron chi connectivity index (χ2n) is 16.2. The molecule has 4 N–H and O–H groups in total. The molecule has 1 aliphatic rings. The Labute approximate surface area is 354 Å². The van der Waals surface area contributed by atoms with Gasteiger partial charge in [0.15, 0.2) is 6.29 Å². The van der Waals surface area contributed by atoms with Crippen LogP contribution in [0.3, 0.4) is 0 Å². The summed E-state index contributed by atoms with van der Waals surface area (Å²) in [6, 6.07) is 0. The topological polar surface area (TPSA) is 135 Å². The molecular formula is C49H88O9. The van der Waals surface area contributed by atoms with Gasteiger partial charge in [0.2, 0.25) is 0 Å². The first-order chi connectivity index (χ1) is 28.4. The maximum Gasteiger partial charge on any atom is 0.306 e. The smallest absolute Gasteiger partial charge is 0.306 e. The molecule has 0 saturated carbocycles. The lowest BCUT2D eigenvalue weighted by Gasteiger charge is -2.39. The van der Waals surface area contributed by atoms with Crippen LogP contribution in [-0.2, 0) is 23.7 Å². The molecule has 0 aromatic rings. The van der Waals surface area contributed by atoms with Crippen molar-refractivity contribution in [3.63, 3.8) is 0 Å². The van der Waals surface area contributed by atoms with Gasteiger partial charge < -0.3 is 39.4 Å². The molecular weight excluding hydrogens is 733 g/mol. The number of hydrogen-bond acceptors (Lipinski definition) is 9. The average Bonchev–Trinajstić information content (AvgIpc) is 3.22. The van der Waals surface area contributed by atoms with Crippen molar-refractivity contribution in [1.82, 2.24) is 0 Å². The molecule has 1 heterocycles. The number of carbonyl (C=O) groups excluding carboxylic acids is 1. The molecule has 0 aliphatic carbocycles. The molecule has 6 unspecified atom stereocenters. The Bertz CT molecular complexity index is 1030. The van der Waals surface area contributed by atoms with Crippen LogP contribution in [0.5, 0.6) is 0 Å². The van der Waals surface area contributed by atoms with E-state index < -0.39 is 43.4 Å². The first kappa shape index (κ1) is 54.2. The van der Waals surface area contributed by atoms with Gasteiger partial charge in [0.25, 0.3) is 0 Å². The molecule has 9 heteroatoms. The Morgan fingerprint density at radius 3 is 1.60 bits per heavy atom. The van der Waals surface area contributed by atoms with Gasteiger partial charge in [-0.2, -0.15) is 0 Å². The van der Waals surface area contributed by atoms with Gasteiger partial charge in [-0.3, -0.25) is 4.79 Å². The van der Waals surface area contributed by atoms with Crippen LogP contribution < -0.4 is 0 Å². The molecule has 6 atom stereocenters. The van der Waals surface area contributed by atoms with Crippen molar-refractivity contribution in [3.8, 4) is 0 Å². The van der Waals surface area contributed by atoms with E-state index in [1.165, 1.54) is 103 Å². The van der Waals surface area contributed by atoms with Crippen molar-refractivity contribution in [2.75, 3.05) is 26.4 Å². The van der Waals surface area contributed by atoms with Gasteiger partial charge in [0.1, 0.15) is 30.5 Å². The first-order valence-electron chi connectivity index (χ1n) is 23.7. The molecule has 58 heavy (non-hydrogen) atoms. The number of ether oxygens (including phenoxy) is 4. The Balaban J connectivity index is 2.23. The number of allylic oxidation sites excluding steroid dienone is 8. The number of aliphatic hydroxyl groups is 4. The second-order valence-corrected chi connectivity index (χ2v) is 16.2. The normalized spacial score (nSPS) is 20.7. The predicted molar refractivity (Wildman–Crippen MR) is 238 cm³/mol. The molecule has 0 amide bonds. The minimum absolute atomic E-state index is 0.124. The molecule has 338 valence electrons. The van der Waals surface area contributed by atoms with E-state index in [0.29, 0.717) is 13.0 Å². The molecule has 1 aliphatic heterocycles. The van der Waals surface area contributed by atoms with Crippen molar-refractivity contribution < 1.29 is 44.2 Å². The summed E-state index contributed by atoms with van der Waals surface area (Å²) in [5, 5.41) is 40.1. The molecule has 0 bridgehead atoms. The zero-order valence-corrected chi connectivity index (χ0v) is 37.0. The Hall–Kier alpha value is -1.85. The van der Waals surface area contributed by atoms with Gasteiger partial charge >= 0.3 is 5.97 Å². The highest BCUT2D eigenvalue weighted by Crippen LogP contribution is 2.22. The maximum atomic E-state index is 12.8. The van der Waals surface area contributed by atoms with Crippen LogP contribution in [-0.4, -0.2) is 89.6 Å². The minimum atomic E-state index is -1.54. The summed E-state index contributed by atoms with van der Waals surface area (Å²) in [5.41, 5.74) is 0. The zero-order valence-electron chi connectivity index (χ0n) is 37.0. The third-order valence-corrected chi connectivity index (χ3v) is 10.7. The van der Waals surface area contributed by atoms with Crippen LogP contribution in [0.2, 0.25) is 0 Å². The monoisotopic (exact) mass is 821 g/mol. The third kappa shape index (κ3) is 31.1. The van der Waals surface area contributed by atoms with Crippen molar-refractivity contribution >= 4 is 5.97 Å². The summed E-state index contributed by atoms with van der Waals surface area (Å²) in [5.74, 6) is -0.324. The quantitative estimate of drug-likeness (QED) is 0.0271. The lowest BCUT2D eigenvalue weighted by Crippen LogP contribution is -2.59. The fraction of sp³-hybridized carbons (Fsp3) is 0.816. The number of rotatable bonds is 40. The number of aliphatic hydroxyl groups excluding tert-OH is 4. The van der Waals surface area contributed by atoms with Gasteiger partial charge in [0, 0.05) is 13.0 Å². The second kappa shape index (κ2) is 40.6. The zero-order chi connectivity index (χ0) is 42.2. The fourth-order valence-electron chi connectivity index (χ4n) is 7.03. The summed E-state index contributed by atoms with van der Waals surface area (Å²) in [6.07, 6.45) is 42.9. The summed E-state index contributed by atoms with van der Waals surface area (Å²) in [4.78, 5) is 12.8. The maximum absolute atomic E-state index is 12.8. The van der Waals surface area contributed by atoms with E-state index in [4.69, 9.17) is 18.9 Å². The fourth-order valence-corrected chi connectivity index (χ4v) is 7.03. The lowest BCUT2D eigenvalue weighted by atomic mass is 9.99. The van der Waals surface area contributed by atoms with Gasteiger partial charge in [-0.25, -0.2) is 0 Å². The van der Waals surface area contributed by atoms with E-state index in [1.807, 2.05) is 0 Å². The van der Waals surface area contributed by atoms with Crippen LogP contribution >= 0.6 is 0 Å². The number of hydrogen-bond donors (Lipinski definition) is 4. The molecule has 9 nitrogen and oxygen atoms in total. The number of unbranched alkanes of at least 4 members (excludes halogenated alkanes) is 21. The van der Waals surface area contributed by atoms with Crippen LogP contribution in [0.15, 0.2) is 48.6 Å². The highest BCUT2D eigenvalue weighted by atomic mass is 16.7. The Morgan fingerprint density at radius 1 is 0.569 bits per heavy atom. The third-order valence-electron chi connectivity index (χ3n) is 10.7. The lowest BCUT2D eigenvalue weighted by molar-refractivity contribution is -0.305. The van der Waals surface area contributed by atoms with E-state index >= 15 is 0 Å². The molecule has 0 aromatic heterocycles. The van der Waals surface area contributed by atoms with Crippen LogP contribution in [0.1, 0.15) is 194 Å². The highest BCUT2D eigenvalue weighted by Gasteiger charge is 2.44. The van der Waals surface area contributed by atoms with E-state index in [0.717, 1.165) is 70.6 Å². The molecule has 0 radical (unpaired) electrons. The van der Waals surface area contributed by atoms with Crippen LogP contribution in [0.25, 0.3) is 0 Å². The molecule has 1 fully saturated rings. The van der Waals surface area contributed by atoms with Crippen LogP contribution in [0, 0.1) is 0 Å². The number of carbonyl (C=O) groups is 1. The SMILES string of the molecule is CC/C=C\C/C=C\C/C=C\CCCCCCOCC(COC1OC(CO)C(O)C(O)C1O)OC(=O)CCCCCCCCCCC/C=C\CCCCCCCCCC. The molecule has 0 spiro atoms. The van der Waals surface area contributed by atoms with Gasteiger partial charge in [-0.05, 0) is 70.6 Å². The molecule has 0 aromatic carbocycles. The molecule has 1 saturated heterocycles. The van der Waals surface area contributed by atoms with Gasteiger partial charge in [-0.1, -0.05) is 165 Å². The van der Waals surface area contributed by atoms with Gasteiger partial charge in [-0.15, -0.1) is 0 Å². The summed E-state index contributed by atoms with van der Waals surface area (Å²) in [7, 11) is 0. The van der Waals surface area contributed by atoms with E-state index in [9.17, 15) is 25.2 Å². The average molecular weight is 821 g/mol. The standard InChI is InChI=1S/C49H88O9/c1-3-5-7-9-11-13-15-17-19-20-21-22-23-24-25-26-28-30-32-34-36-38-45(51)57-43(42-56-49-48(54)47(53)46(52)44(40-50)58-49)41-55-39-37-35-33-31-29-27-18-16-14-12-10-8-6-4-2/h6,8,12,14,18,20-21,27,43-44,46-50,52-54H,3-5,7,9-11,13,15-17,19,22-26,28-42H2,1-2H3/b8-6-,14-12-,21-20-,27-18-. The van der Waals surface area contributed by atoms with Crippen molar-refractivity contribution in [1.29, 1.82) is 0 Å². The Morgan fingerprint density at radius 2 is 1.05 bits per heavy atom. The first-order valence-corrected chi connectivity index (χ1v) is 23.7. The van der Waals surface area contributed by atoms with Crippen LogP contribution in [0.4, 0.5) is 0 Å². The highest BCUT2D eigenvalue weighted by molar-refractivity contribution is 5.69. The largest absolute Gasteiger partial charge is 0.457 e. The predicted octanol–water partition coefficient (Wildman–Crippen LogP) is 10.9. The Kier molecular flexibility index (Phi) is 37.9. The van der Waals surface area contributed by atoms with Crippen molar-refractivity contribution in [2.24, 2.45) is 0 Å². The van der Waals surface area contributed by atoms with E-state index in [-0.39, 0.29) is 19.2 Å². The molecule has 1 rings (SSSR count). The summed E-state index contributed by atoms with van der Waals surface area (Å²) < 4.78 is 22.8. The van der Waals surface area contributed by atoms with Crippen molar-refractivity contribution in [2.45, 2.75) is 230 Å².